The SMILES string of the molecule is C=Cc1ccccc1C(C(C)=O)C(=O)OCCCC(=C)C(=O)O. The van der Waals surface area contributed by atoms with E-state index in [0.717, 1.165) is 0 Å². The van der Waals surface area contributed by atoms with Crippen molar-refractivity contribution in [2.75, 3.05) is 6.61 Å². The topological polar surface area (TPSA) is 80.7 Å². The van der Waals surface area contributed by atoms with E-state index in [4.69, 9.17) is 9.84 Å². The first-order valence-electron chi connectivity index (χ1n) is 7.18. The molecule has 0 amide bonds. The summed E-state index contributed by atoms with van der Waals surface area (Å²) in [5.41, 5.74) is 1.31. The van der Waals surface area contributed by atoms with Gasteiger partial charge in [-0.15, -0.1) is 0 Å². The molecule has 0 aliphatic carbocycles. The van der Waals surface area contributed by atoms with Crippen LogP contribution in [-0.2, 0) is 19.1 Å². The minimum absolute atomic E-state index is 0.0329. The maximum absolute atomic E-state index is 12.2. The van der Waals surface area contributed by atoms with Crippen molar-refractivity contribution in [2.24, 2.45) is 0 Å². The summed E-state index contributed by atoms with van der Waals surface area (Å²) >= 11 is 0. The molecular formula is C18H20O5. The van der Waals surface area contributed by atoms with Crippen LogP contribution in [0.5, 0.6) is 0 Å². The summed E-state index contributed by atoms with van der Waals surface area (Å²) in [7, 11) is 0. The molecular weight excluding hydrogens is 296 g/mol. The van der Waals surface area contributed by atoms with Crippen LogP contribution in [0.4, 0.5) is 0 Å². The number of Topliss-reactive ketones (excluding diaryl/α,β-unsaturated/α-hetero) is 1. The first-order valence-corrected chi connectivity index (χ1v) is 7.18. The van der Waals surface area contributed by atoms with Crippen molar-refractivity contribution in [1.82, 2.24) is 0 Å². The first-order chi connectivity index (χ1) is 10.9. The smallest absolute Gasteiger partial charge is 0.330 e. The third kappa shape index (κ3) is 5.21. The molecule has 5 nitrogen and oxygen atoms in total. The fourth-order valence-electron chi connectivity index (χ4n) is 2.12. The second-order valence-electron chi connectivity index (χ2n) is 5.06. The van der Waals surface area contributed by atoms with Crippen molar-refractivity contribution in [3.05, 3.63) is 54.1 Å². The monoisotopic (exact) mass is 316 g/mol. The highest BCUT2D eigenvalue weighted by atomic mass is 16.5. The second kappa shape index (κ2) is 8.68. The molecule has 0 radical (unpaired) electrons. The fourth-order valence-corrected chi connectivity index (χ4v) is 2.12. The number of ketones is 1. The van der Waals surface area contributed by atoms with Gasteiger partial charge in [0.2, 0.25) is 0 Å². The van der Waals surface area contributed by atoms with Crippen molar-refractivity contribution < 1.29 is 24.2 Å². The molecule has 1 rings (SSSR count). The molecule has 1 aromatic carbocycles. The van der Waals surface area contributed by atoms with Crippen molar-refractivity contribution in [2.45, 2.75) is 25.7 Å². The normalized spacial score (nSPS) is 11.3. The zero-order valence-electron chi connectivity index (χ0n) is 13.1. The van der Waals surface area contributed by atoms with Crippen molar-refractivity contribution in [1.29, 1.82) is 0 Å². The minimum atomic E-state index is -1.07. The van der Waals surface area contributed by atoms with E-state index >= 15 is 0 Å². The molecule has 0 aliphatic heterocycles. The van der Waals surface area contributed by atoms with Gasteiger partial charge in [-0.3, -0.25) is 9.59 Å². The van der Waals surface area contributed by atoms with E-state index in [1.165, 1.54) is 6.92 Å². The Morgan fingerprint density at radius 3 is 2.52 bits per heavy atom. The lowest BCUT2D eigenvalue weighted by atomic mass is 9.91. The van der Waals surface area contributed by atoms with Crippen LogP contribution in [-0.4, -0.2) is 29.4 Å². The van der Waals surface area contributed by atoms with Gasteiger partial charge in [0, 0.05) is 5.57 Å². The van der Waals surface area contributed by atoms with Crippen molar-refractivity contribution in [3.8, 4) is 0 Å². The zero-order chi connectivity index (χ0) is 17.4. The van der Waals surface area contributed by atoms with Gasteiger partial charge in [0.1, 0.15) is 11.7 Å². The van der Waals surface area contributed by atoms with Crippen LogP contribution in [0.15, 0.2) is 43.0 Å². The van der Waals surface area contributed by atoms with Gasteiger partial charge in [-0.2, -0.15) is 0 Å². The number of hydrogen-bond donors (Lipinski definition) is 1. The predicted molar refractivity (Wildman–Crippen MR) is 86.9 cm³/mol. The maximum atomic E-state index is 12.2. The third-order valence-corrected chi connectivity index (χ3v) is 3.34. The summed E-state index contributed by atoms with van der Waals surface area (Å²) < 4.78 is 5.12. The Morgan fingerprint density at radius 2 is 1.96 bits per heavy atom. The molecule has 122 valence electrons. The maximum Gasteiger partial charge on any atom is 0.330 e. The van der Waals surface area contributed by atoms with Crippen LogP contribution < -0.4 is 0 Å². The quantitative estimate of drug-likeness (QED) is 0.328. The van der Waals surface area contributed by atoms with E-state index in [9.17, 15) is 14.4 Å². The molecule has 0 saturated carbocycles. The van der Waals surface area contributed by atoms with Crippen molar-refractivity contribution in [3.63, 3.8) is 0 Å². The number of benzene rings is 1. The average Bonchev–Trinajstić information content (AvgIpc) is 2.51. The number of carboxylic acid groups (broad SMARTS) is 1. The van der Waals surface area contributed by atoms with Gasteiger partial charge in [0.15, 0.2) is 0 Å². The molecule has 1 aromatic rings. The molecule has 0 heterocycles. The van der Waals surface area contributed by atoms with Crippen LogP contribution >= 0.6 is 0 Å². The number of carboxylic acids is 1. The Hall–Kier alpha value is -2.69. The Labute approximate surface area is 135 Å². The number of rotatable bonds is 9. The number of ether oxygens (including phenoxy) is 1. The van der Waals surface area contributed by atoms with Crippen LogP contribution in [0.25, 0.3) is 6.08 Å². The lowest BCUT2D eigenvalue weighted by Gasteiger charge is -2.16. The molecule has 0 aliphatic rings. The average molecular weight is 316 g/mol. The van der Waals surface area contributed by atoms with Crippen molar-refractivity contribution >= 4 is 23.8 Å². The molecule has 0 aromatic heterocycles. The number of carbonyl (C=O) groups is 3. The number of carbonyl (C=O) groups excluding carboxylic acids is 2. The summed E-state index contributed by atoms with van der Waals surface area (Å²) in [6.45, 7) is 8.44. The highest BCUT2D eigenvalue weighted by Crippen LogP contribution is 2.24. The van der Waals surface area contributed by atoms with E-state index in [2.05, 4.69) is 13.2 Å². The van der Waals surface area contributed by atoms with Crippen LogP contribution in [0.2, 0.25) is 0 Å². The molecule has 0 fully saturated rings. The number of esters is 1. The largest absolute Gasteiger partial charge is 0.478 e. The van der Waals surface area contributed by atoms with Gasteiger partial charge < -0.3 is 9.84 Å². The molecule has 1 unspecified atom stereocenters. The molecule has 5 heteroatoms. The molecule has 1 N–H and O–H groups in total. The van der Waals surface area contributed by atoms with Crippen LogP contribution in [0, 0.1) is 0 Å². The second-order valence-corrected chi connectivity index (χ2v) is 5.06. The molecule has 0 saturated heterocycles. The summed E-state index contributed by atoms with van der Waals surface area (Å²) in [5, 5.41) is 8.70. The Morgan fingerprint density at radius 1 is 1.30 bits per heavy atom. The van der Waals surface area contributed by atoms with Gasteiger partial charge >= 0.3 is 11.9 Å². The zero-order valence-corrected chi connectivity index (χ0v) is 13.1. The molecule has 23 heavy (non-hydrogen) atoms. The Balaban J connectivity index is 2.73. The molecule has 1 atom stereocenters. The Bertz CT molecular complexity index is 630. The predicted octanol–water partition coefficient (Wildman–Crippen LogP) is 2.97. The summed E-state index contributed by atoms with van der Waals surface area (Å²) in [4.78, 5) is 34.7. The lowest BCUT2D eigenvalue weighted by molar-refractivity contribution is -0.148. The van der Waals surface area contributed by atoms with E-state index in [0.29, 0.717) is 17.5 Å². The van der Waals surface area contributed by atoms with Crippen LogP contribution in [0.3, 0.4) is 0 Å². The van der Waals surface area contributed by atoms with Gasteiger partial charge in [0.25, 0.3) is 0 Å². The van der Waals surface area contributed by atoms with Gasteiger partial charge in [-0.05, 0) is 30.9 Å². The van der Waals surface area contributed by atoms with Gasteiger partial charge in [-0.1, -0.05) is 43.5 Å². The highest BCUT2D eigenvalue weighted by molar-refractivity contribution is 6.04. The standard InChI is InChI=1S/C18H20O5/c1-4-14-9-5-6-10-15(14)16(13(3)19)18(22)23-11-7-8-12(2)17(20)21/h4-6,9-10,16H,1-2,7-8,11H2,3H3,(H,20,21). The third-order valence-electron chi connectivity index (χ3n) is 3.34. The fraction of sp³-hybridized carbons (Fsp3) is 0.278. The summed E-state index contributed by atoms with van der Waals surface area (Å²) in [5.74, 6) is -3.04. The highest BCUT2D eigenvalue weighted by Gasteiger charge is 2.28. The lowest BCUT2D eigenvalue weighted by Crippen LogP contribution is -2.23. The van der Waals surface area contributed by atoms with E-state index < -0.39 is 17.9 Å². The van der Waals surface area contributed by atoms with Crippen LogP contribution in [0.1, 0.15) is 36.8 Å². The summed E-state index contributed by atoms with van der Waals surface area (Å²) in [6, 6.07) is 6.99. The first kappa shape index (κ1) is 18.4. The van der Waals surface area contributed by atoms with Gasteiger partial charge in [0.05, 0.1) is 6.61 Å². The minimum Gasteiger partial charge on any atom is -0.478 e. The Kier molecular flexibility index (Phi) is 6.93. The van der Waals surface area contributed by atoms with E-state index in [1.54, 1.807) is 30.3 Å². The van der Waals surface area contributed by atoms with E-state index in [1.807, 2.05) is 0 Å². The molecule has 0 bridgehead atoms. The van der Waals surface area contributed by atoms with E-state index in [-0.39, 0.29) is 24.4 Å². The number of hydrogen-bond acceptors (Lipinski definition) is 4. The van der Waals surface area contributed by atoms with Gasteiger partial charge in [-0.25, -0.2) is 4.79 Å². The number of aliphatic carboxylic acids is 1. The molecule has 0 spiro atoms. The summed E-state index contributed by atoms with van der Waals surface area (Å²) in [6.07, 6.45) is 2.14.